The molecule has 2 aromatic carbocycles. The molecular weight excluding hydrogens is 473 g/mol. The molecule has 7 nitrogen and oxygen atoms in total. The van der Waals surface area contributed by atoms with E-state index in [-0.39, 0.29) is 16.2 Å². The zero-order valence-corrected chi connectivity index (χ0v) is 20.4. The fraction of sp³-hybridized carbons (Fsp3) is 0.269. The molecule has 0 saturated carbocycles. The largest absolute Gasteiger partial charge is 0.481 e. The Hall–Kier alpha value is -3.43. The molecule has 4 rings (SSSR count). The van der Waals surface area contributed by atoms with Crippen LogP contribution in [-0.2, 0) is 9.84 Å². The van der Waals surface area contributed by atoms with Crippen molar-refractivity contribution >= 4 is 21.9 Å². The molecule has 0 radical (unpaired) electrons. The number of hydrogen-bond acceptors (Lipinski definition) is 6. The number of carboxylic acid groups (broad SMARTS) is 1. The second-order valence-corrected chi connectivity index (χ2v) is 10.0. The van der Waals surface area contributed by atoms with E-state index < -0.39 is 38.2 Å². The highest BCUT2D eigenvalue weighted by molar-refractivity contribution is 7.91. The molecule has 2 heterocycles. The van der Waals surface area contributed by atoms with E-state index in [0.717, 1.165) is 31.3 Å². The van der Waals surface area contributed by atoms with Gasteiger partial charge in [-0.25, -0.2) is 17.6 Å². The van der Waals surface area contributed by atoms with Crippen molar-refractivity contribution in [2.75, 3.05) is 19.6 Å². The molecule has 0 amide bonds. The van der Waals surface area contributed by atoms with Crippen molar-refractivity contribution in [1.82, 2.24) is 4.90 Å². The van der Waals surface area contributed by atoms with E-state index in [2.05, 4.69) is 4.90 Å². The standard InChI is InChI=1S/C26H26FNO6S/c1-4-28(5-2)13-6-7-17-15-18(27)8-10-21(17)35(31,32)22-11-9-19-20-12-14-33-24(20)16(3)34-25(19)23(22)26(29)30/h6-12,14-16H,4-5,13H2,1-3H3,(H,29,30)/b7-6-. The van der Waals surface area contributed by atoms with E-state index in [1.54, 1.807) is 25.1 Å². The fourth-order valence-corrected chi connectivity index (χ4v) is 5.85. The van der Waals surface area contributed by atoms with Crippen LogP contribution in [0.1, 0.15) is 48.6 Å². The molecule has 9 heteroatoms. The second-order valence-electron chi connectivity index (χ2n) is 8.15. The maximum atomic E-state index is 14.1. The van der Waals surface area contributed by atoms with Gasteiger partial charge in [0.1, 0.15) is 17.1 Å². The van der Waals surface area contributed by atoms with Crippen LogP contribution in [0.4, 0.5) is 4.39 Å². The molecule has 0 spiro atoms. The first-order valence-corrected chi connectivity index (χ1v) is 12.8. The van der Waals surface area contributed by atoms with Crippen molar-refractivity contribution in [2.24, 2.45) is 0 Å². The second kappa shape index (κ2) is 9.67. The minimum Gasteiger partial charge on any atom is -0.481 e. The predicted octanol–water partition coefficient (Wildman–Crippen LogP) is 5.43. The normalized spacial score (nSPS) is 15.2. The number of rotatable bonds is 8. The summed E-state index contributed by atoms with van der Waals surface area (Å²) in [6, 6.07) is 7.77. The molecule has 184 valence electrons. The number of carbonyl (C=O) groups is 1. The lowest BCUT2D eigenvalue weighted by molar-refractivity contribution is 0.0683. The van der Waals surface area contributed by atoms with Crippen LogP contribution in [0.2, 0.25) is 0 Å². The number of aromatic carboxylic acids is 1. The van der Waals surface area contributed by atoms with Crippen LogP contribution in [0.3, 0.4) is 0 Å². The van der Waals surface area contributed by atoms with Crippen LogP contribution in [0, 0.1) is 5.82 Å². The number of sulfone groups is 1. The molecule has 1 atom stereocenters. The number of ether oxygens (including phenoxy) is 1. The minimum absolute atomic E-state index is 0.0410. The molecule has 0 fully saturated rings. The molecule has 35 heavy (non-hydrogen) atoms. The van der Waals surface area contributed by atoms with Crippen LogP contribution < -0.4 is 4.74 Å². The highest BCUT2D eigenvalue weighted by Gasteiger charge is 2.35. The van der Waals surface area contributed by atoms with Gasteiger partial charge in [-0.1, -0.05) is 26.0 Å². The third kappa shape index (κ3) is 4.49. The molecule has 0 aliphatic carbocycles. The summed E-state index contributed by atoms with van der Waals surface area (Å²) in [5, 5.41) is 10.0. The molecule has 1 aliphatic heterocycles. The third-order valence-electron chi connectivity index (χ3n) is 6.09. The number of carboxylic acids is 1. The first kappa shape index (κ1) is 24.7. The summed E-state index contributed by atoms with van der Waals surface area (Å²) in [5.41, 5.74) is 0.745. The van der Waals surface area contributed by atoms with Crippen molar-refractivity contribution in [1.29, 1.82) is 0 Å². The summed E-state index contributed by atoms with van der Waals surface area (Å²) >= 11 is 0. The summed E-state index contributed by atoms with van der Waals surface area (Å²) in [4.78, 5) is 13.8. The van der Waals surface area contributed by atoms with Gasteiger partial charge in [-0.2, -0.15) is 0 Å². The van der Waals surface area contributed by atoms with Crippen LogP contribution >= 0.6 is 0 Å². The zero-order valence-electron chi connectivity index (χ0n) is 19.6. The van der Waals surface area contributed by atoms with E-state index in [1.165, 1.54) is 18.4 Å². The number of furan rings is 1. The van der Waals surface area contributed by atoms with Crippen LogP contribution in [0.15, 0.2) is 62.9 Å². The van der Waals surface area contributed by atoms with Gasteiger partial charge in [0, 0.05) is 17.7 Å². The molecule has 0 bridgehead atoms. The summed E-state index contributed by atoms with van der Waals surface area (Å²) < 4.78 is 52.9. The number of likely N-dealkylation sites (N-methyl/N-ethyl adjacent to an activating group) is 1. The Labute approximate surface area is 203 Å². The molecule has 1 unspecified atom stereocenters. The summed E-state index contributed by atoms with van der Waals surface area (Å²) in [7, 11) is -4.35. The number of nitrogens with zero attached hydrogens (tertiary/aromatic N) is 1. The van der Waals surface area contributed by atoms with Crippen LogP contribution in [0.25, 0.3) is 17.2 Å². The van der Waals surface area contributed by atoms with Gasteiger partial charge in [-0.05, 0) is 62.0 Å². The topological polar surface area (TPSA) is 97.1 Å². The Balaban J connectivity index is 1.86. The number of benzene rings is 2. The Bertz CT molecular complexity index is 1410. The van der Waals surface area contributed by atoms with Gasteiger partial charge >= 0.3 is 5.97 Å². The molecule has 3 aromatic rings. The van der Waals surface area contributed by atoms with E-state index >= 15 is 0 Å². The average Bonchev–Trinajstić information content (AvgIpc) is 3.32. The van der Waals surface area contributed by atoms with Gasteiger partial charge < -0.3 is 19.2 Å². The Morgan fingerprint density at radius 2 is 1.83 bits per heavy atom. The summed E-state index contributed by atoms with van der Waals surface area (Å²) in [5.74, 6) is -1.55. The van der Waals surface area contributed by atoms with E-state index in [0.29, 0.717) is 23.4 Å². The molecular formula is C26H26FNO6S. The van der Waals surface area contributed by atoms with Crippen molar-refractivity contribution < 1.29 is 31.9 Å². The maximum Gasteiger partial charge on any atom is 0.340 e. The Morgan fingerprint density at radius 1 is 1.11 bits per heavy atom. The molecule has 0 saturated heterocycles. The smallest absolute Gasteiger partial charge is 0.340 e. The zero-order chi connectivity index (χ0) is 25.3. The van der Waals surface area contributed by atoms with Crippen molar-refractivity contribution in [2.45, 2.75) is 36.7 Å². The van der Waals surface area contributed by atoms with E-state index in [4.69, 9.17) is 9.15 Å². The molecule has 1 aromatic heterocycles. The van der Waals surface area contributed by atoms with Gasteiger partial charge in [-0.3, -0.25) is 0 Å². The highest BCUT2D eigenvalue weighted by Crippen LogP contribution is 2.47. The van der Waals surface area contributed by atoms with Gasteiger partial charge in [0.15, 0.2) is 11.9 Å². The van der Waals surface area contributed by atoms with E-state index in [1.807, 2.05) is 13.8 Å². The lowest BCUT2D eigenvalue weighted by Gasteiger charge is -2.25. The van der Waals surface area contributed by atoms with Crippen LogP contribution in [-0.4, -0.2) is 44.0 Å². The van der Waals surface area contributed by atoms with Crippen LogP contribution in [0.5, 0.6) is 5.75 Å². The number of hydrogen-bond donors (Lipinski definition) is 1. The predicted molar refractivity (Wildman–Crippen MR) is 129 cm³/mol. The monoisotopic (exact) mass is 499 g/mol. The average molecular weight is 500 g/mol. The molecule has 1 aliphatic rings. The SMILES string of the molecule is CCN(CC)C/C=C\c1cc(F)ccc1S(=O)(=O)c1ccc2c(c1C(=O)O)OC(C)c1occc1-2. The van der Waals surface area contributed by atoms with Gasteiger partial charge in [0.2, 0.25) is 9.84 Å². The van der Waals surface area contributed by atoms with Crippen molar-refractivity contribution in [3.05, 3.63) is 71.4 Å². The first-order valence-electron chi connectivity index (χ1n) is 11.3. The minimum atomic E-state index is -4.35. The molecule has 1 N–H and O–H groups in total. The van der Waals surface area contributed by atoms with Crippen molar-refractivity contribution in [3.8, 4) is 16.9 Å². The van der Waals surface area contributed by atoms with Gasteiger partial charge in [-0.15, -0.1) is 0 Å². The van der Waals surface area contributed by atoms with Gasteiger partial charge in [0.05, 0.1) is 16.1 Å². The summed E-state index contributed by atoms with van der Waals surface area (Å²) in [6.45, 7) is 7.88. The number of fused-ring (bicyclic) bond motifs is 3. The number of halogens is 1. The van der Waals surface area contributed by atoms with Crippen molar-refractivity contribution in [3.63, 3.8) is 0 Å². The van der Waals surface area contributed by atoms with Gasteiger partial charge in [0.25, 0.3) is 0 Å². The highest BCUT2D eigenvalue weighted by atomic mass is 32.2. The Morgan fingerprint density at radius 3 is 2.51 bits per heavy atom. The Kier molecular flexibility index (Phi) is 6.82. The lowest BCUT2D eigenvalue weighted by atomic mass is 9.97. The lowest BCUT2D eigenvalue weighted by Crippen LogP contribution is -2.22. The summed E-state index contributed by atoms with van der Waals surface area (Å²) in [6.07, 6.45) is 4.17. The third-order valence-corrected chi connectivity index (χ3v) is 7.96. The fourth-order valence-electron chi connectivity index (χ4n) is 4.24. The van der Waals surface area contributed by atoms with E-state index in [9.17, 15) is 22.7 Å². The first-order chi connectivity index (χ1) is 16.7. The maximum absolute atomic E-state index is 14.1. The quantitative estimate of drug-likeness (QED) is 0.413.